The van der Waals surface area contributed by atoms with Gasteiger partial charge in [0.15, 0.2) is 0 Å². The molecule has 0 saturated carbocycles. The van der Waals surface area contributed by atoms with Gasteiger partial charge in [0.1, 0.15) is 12.5 Å². The van der Waals surface area contributed by atoms with Crippen LogP contribution in [0, 0.1) is 0 Å². The molecule has 0 fully saturated rings. The van der Waals surface area contributed by atoms with Crippen molar-refractivity contribution in [2.24, 2.45) is 0 Å². The van der Waals surface area contributed by atoms with E-state index in [2.05, 4.69) is 13.8 Å². The monoisotopic (exact) mass is 359 g/mol. The molecule has 1 aliphatic carbocycles. The molecule has 1 aromatic carbocycles. The Balaban J connectivity index is 2.10. The van der Waals surface area contributed by atoms with Crippen molar-refractivity contribution >= 4 is 11.8 Å². The Labute approximate surface area is 153 Å². The van der Waals surface area contributed by atoms with Gasteiger partial charge in [-0.2, -0.15) is 0 Å². The van der Waals surface area contributed by atoms with Crippen molar-refractivity contribution in [3.8, 4) is 5.75 Å². The first kappa shape index (κ1) is 18.5. The minimum absolute atomic E-state index is 0.169. The minimum atomic E-state index is -1.02. The van der Waals surface area contributed by atoms with Crippen molar-refractivity contribution in [2.45, 2.75) is 38.2 Å². The summed E-state index contributed by atoms with van der Waals surface area (Å²) in [6.45, 7) is 4.66. The van der Waals surface area contributed by atoms with E-state index in [0.717, 1.165) is 24.0 Å². The van der Waals surface area contributed by atoms with Gasteiger partial charge in [0.2, 0.25) is 0 Å². The summed E-state index contributed by atoms with van der Waals surface area (Å²) >= 11 is 0. The van der Waals surface area contributed by atoms with Crippen LogP contribution in [0.4, 0.5) is 4.79 Å². The first-order valence-electron chi connectivity index (χ1n) is 8.70. The van der Waals surface area contributed by atoms with Gasteiger partial charge in [-0.05, 0) is 42.0 Å². The van der Waals surface area contributed by atoms with E-state index in [1.807, 2.05) is 12.1 Å². The molecule has 0 bridgehead atoms. The Kier molecular flexibility index (Phi) is 5.07. The van der Waals surface area contributed by atoms with E-state index in [-0.39, 0.29) is 30.6 Å². The van der Waals surface area contributed by atoms with Gasteiger partial charge < -0.3 is 19.7 Å². The Morgan fingerprint density at radius 3 is 2.85 bits per heavy atom. The summed E-state index contributed by atoms with van der Waals surface area (Å²) in [5.41, 5.74) is 2.79. The molecule has 3 rings (SSSR count). The number of allylic oxidation sites excluding steroid dienone is 2. The normalized spacial score (nSPS) is 21.3. The average molecular weight is 359 g/mol. The lowest BCUT2D eigenvalue weighted by Crippen LogP contribution is -2.30. The maximum atomic E-state index is 11.6. The third kappa shape index (κ3) is 3.34. The molecular weight excluding hydrogens is 334 g/mol. The zero-order chi connectivity index (χ0) is 18.9. The molecule has 1 heterocycles. The van der Waals surface area contributed by atoms with E-state index in [0.29, 0.717) is 11.3 Å². The van der Waals surface area contributed by atoms with Crippen molar-refractivity contribution in [3.63, 3.8) is 0 Å². The number of ether oxygens (including phenoxy) is 2. The summed E-state index contributed by atoms with van der Waals surface area (Å²) in [7, 11) is 1.57. The van der Waals surface area contributed by atoms with E-state index >= 15 is 0 Å². The van der Waals surface area contributed by atoms with Gasteiger partial charge in [-0.25, -0.2) is 4.79 Å². The summed E-state index contributed by atoms with van der Waals surface area (Å²) in [5.74, 6) is 0.175. The molecule has 0 saturated heterocycles. The van der Waals surface area contributed by atoms with Gasteiger partial charge in [0.05, 0.1) is 11.8 Å². The number of fused-ring (bicyclic) bond motifs is 1. The maximum Gasteiger partial charge on any atom is 0.412 e. The standard InChI is InChI=1S/C20H25NO5/c1-20(2)8-7-17(26-12-25-3)14-10-13(11-16(22)18(14)20)15-6-4-5-9-21(15)19(23)24/h4-6,10-11,17,22H,7-9,12H2,1-3H3,(H,23,24). The average Bonchev–Trinajstić information content (AvgIpc) is 2.60. The number of carboxylic acid groups (broad SMARTS) is 1. The summed E-state index contributed by atoms with van der Waals surface area (Å²) < 4.78 is 10.9. The smallest absolute Gasteiger partial charge is 0.412 e. The predicted octanol–water partition coefficient (Wildman–Crippen LogP) is 4.02. The van der Waals surface area contributed by atoms with Crippen molar-refractivity contribution < 1.29 is 24.5 Å². The summed E-state index contributed by atoms with van der Waals surface area (Å²) in [5, 5.41) is 20.2. The molecule has 1 aliphatic heterocycles. The van der Waals surface area contributed by atoms with Gasteiger partial charge >= 0.3 is 6.09 Å². The Hall–Kier alpha value is -2.31. The number of aromatic hydroxyl groups is 1. The van der Waals surface area contributed by atoms with Crippen molar-refractivity contribution in [1.82, 2.24) is 4.90 Å². The van der Waals surface area contributed by atoms with Crippen LogP contribution in [0.15, 0.2) is 30.4 Å². The van der Waals surface area contributed by atoms with E-state index in [1.54, 1.807) is 25.3 Å². The fraction of sp³-hybridized carbons (Fsp3) is 0.450. The molecule has 1 amide bonds. The third-order valence-electron chi connectivity index (χ3n) is 5.09. The summed E-state index contributed by atoms with van der Waals surface area (Å²) in [6, 6.07) is 3.59. The maximum absolute atomic E-state index is 11.6. The fourth-order valence-corrected chi connectivity index (χ4v) is 3.83. The van der Waals surface area contributed by atoms with Crippen LogP contribution in [0.3, 0.4) is 0 Å². The van der Waals surface area contributed by atoms with Crippen LogP contribution in [-0.2, 0) is 14.9 Å². The molecule has 140 valence electrons. The highest BCUT2D eigenvalue weighted by Gasteiger charge is 2.36. The molecule has 0 spiro atoms. The second kappa shape index (κ2) is 7.13. The van der Waals surface area contributed by atoms with Crippen LogP contribution in [0.1, 0.15) is 49.5 Å². The van der Waals surface area contributed by atoms with Crippen LogP contribution >= 0.6 is 0 Å². The number of amides is 1. The summed E-state index contributed by atoms with van der Waals surface area (Å²) in [4.78, 5) is 12.8. The van der Waals surface area contributed by atoms with Gasteiger partial charge in [0, 0.05) is 24.8 Å². The van der Waals surface area contributed by atoms with Gasteiger partial charge in [-0.3, -0.25) is 4.90 Å². The lowest BCUT2D eigenvalue weighted by Gasteiger charge is -2.38. The van der Waals surface area contributed by atoms with E-state index in [9.17, 15) is 15.0 Å². The quantitative estimate of drug-likeness (QED) is 0.794. The number of phenols is 1. The van der Waals surface area contributed by atoms with Crippen molar-refractivity contribution in [1.29, 1.82) is 0 Å². The number of phenolic OH excluding ortho intramolecular Hbond substituents is 1. The highest BCUT2D eigenvalue weighted by atomic mass is 16.7. The lowest BCUT2D eigenvalue weighted by atomic mass is 9.70. The molecule has 1 aromatic rings. The van der Waals surface area contributed by atoms with Crippen molar-refractivity contribution in [2.75, 3.05) is 20.4 Å². The second-order valence-electron chi connectivity index (χ2n) is 7.32. The molecule has 0 aromatic heterocycles. The Morgan fingerprint density at radius 2 is 2.15 bits per heavy atom. The zero-order valence-electron chi connectivity index (χ0n) is 15.4. The lowest BCUT2D eigenvalue weighted by molar-refractivity contribution is -0.0810. The molecule has 1 unspecified atom stereocenters. The number of rotatable bonds is 4. The van der Waals surface area contributed by atoms with E-state index < -0.39 is 6.09 Å². The number of hydrogen-bond acceptors (Lipinski definition) is 4. The molecule has 0 radical (unpaired) electrons. The second-order valence-corrected chi connectivity index (χ2v) is 7.32. The highest BCUT2D eigenvalue weighted by molar-refractivity contribution is 5.83. The Bertz CT molecular complexity index is 766. The fourth-order valence-electron chi connectivity index (χ4n) is 3.83. The molecule has 6 heteroatoms. The van der Waals surface area contributed by atoms with Crippen LogP contribution in [-0.4, -0.2) is 41.7 Å². The highest BCUT2D eigenvalue weighted by Crippen LogP contribution is 2.48. The SMILES string of the molecule is COCOC1CCC(C)(C)c2c(O)cc(C3=CC=CCN3C(=O)O)cc21. The number of benzene rings is 1. The molecule has 26 heavy (non-hydrogen) atoms. The molecule has 2 aliphatic rings. The predicted molar refractivity (Wildman–Crippen MR) is 97.9 cm³/mol. The molecule has 2 N–H and O–H groups in total. The number of methoxy groups -OCH3 is 1. The molecule has 1 atom stereocenters. The van der Waals surface area contributed by atoms with Gasteiger partial charge in [0.25, 0.3) is 0 Å². The van der Waals surface area contributed by atoms with Crippen LogP contribution in [0.5, 0.6) is 5.75 Å². The minimum Gasteiger partial charge on any atom is -0.508 e. The van der Waals surface area contributed by atoms with Crippen LogP contribution in [0.25, 0.3) is 5.70 Å². The first-order valence-corrected chi connectivity index (χ1v) is 8.70. The number of hydrogen-bond donors (Lipinski definition) is 2. The molecular formula is C20H25NO5. The molecule has 6 nitrogen and oxygen atoms in total. The Morgan fingerprint density at radius 1 is 1.38 bits per heavy atom. The largest absolute Gasteiger partial charge is 0.508 e. The first-order chi connectivity index (χ1) is 12.3. The van der Waals surface area contributed by atoms with E-state index in [1.165, 1.54) is 4.90 Å². The summed E-state index contributed by atoms with van der Waals surface area (Å²) in [6.07, 6.45) is 5.84. The van der Waals surface area contributed by atoms with Gasteiger partial charge in [-0.15, -0.1) is 0 Å². The van der Waals surface area contributed by atoms with E-state index in [4.69, 9.17) is 9.47 Å². The van der Waals surface area contributed by atoms with Gasteiger partial charge in [-0.1, -0.05) is 26.0 Å². The van der Waals surface area contributed by atoms with Crippen molar-refractivity contribution in [3.05, 3.63) is 47.1 Å². The number of nitrogens with zero attached hydrogens (tertiary/aromatic N) is 1. The zero-order valence-corrected chi connectivity index (χ0v) is 15.4. The topological polar surface area (TPSA) is 79.2 Å². The number of carbonyl (C=O) groups is 1. The van der Waals surface area contributed by atoms with Crippen LogP contribution in [0.2, 0.25) is 0 Å². The third-order valence-corrected chi connectivity index (χ3v) is 5.09. The van der Waals surface area contributed by atoms with Crippen LogP contribution < -0.4 is 0 Å².